The second kappa shape index (κ2) is 7.12. The van der Waals surface area contributed by atoms with Crippen LogP contribution in [0.5, 0.6) is 0 Å². The van der Waals surface area contributed by atoms with Gasteiger partial charge in [-0.05, 0) is 35.4 Å². The third-order valence-corrected chi connectivity index (χ3v) is 6.35. The number of rotatable bonds is 6. The van der Waals surface area contributed by atoms with Gasteiger partial charge in [0.25, 0.3) is 0 Å². The van der Waals surface area contributed by atoms with Gasteiger partial charge in [-0.15, -0.1) is 0 Å². The van der Waals surface area contributed by atoms with Crippen molar-refractivity contribution in [2.45, 2.75) is 17.4 Å². The van der Waals surface area contributed by atoms with E-state index in [-0.39, 0.29) is 31.1 Å². The number of carbonyl (C=O) groups is 1. The smallest absolute Gasteiger partial charge is 0.310 e. The predicted octanol–water partition coefficient (Wildman–Crippen LogP) is 5.03. The number of amides is 1. The topological polar surface area (TPSA) is 44.4 Å². The van der Waals surface area contributed by atoms with Gasteiger partial charge in [-0.25, -0.2) is 0 Å². The number of benzene rings is 2. The van der Waals surface area contributed by atoms with Crippen molar-refractivity contribution < 1.29 is 24.2 Å². The van der Waals surface area contributed by atoms with Crippen molar-refractivity contribution in [3.63, 3.8) is 0 Å². The van der Waals surface area contributed by atoms with Crippen LogP contribution in [0.25, 0.3) is 0 Å². The summed E-state index contributed by atoms with van der Waals surface area (Å²) in [7, 11) is -5.95. The number of nitrogens with zero attached hydrogens (tertiary/aromatic N) is 1. The molecule has 0 saturated carbocycles. The number of halogens is 5. The van der Waals surface area contributed by atoms with E-state index in [0.717, 1.165) is 17.3 Å². The lowest BCUT2D eigenvalue weighted by molar-refractivity contribution is -0.125. The molecular formula is C20H24F5N3OS. The van der Waals surface area contributed by atoms with Crippen LogP contribution in [0.1, 0.15) is 17.0 Å². The van der Waals surface area contributed by atoms with Gasteiger partial charge in [-0.3, -0.25) is 4.79 Å². The van der Waals surface area contributed by atoms with E-state index in [1.807, 2.05) is 43.3 Å². The Morgan fingerprint density at radius 3 is 2.33 bits per heavy atom. The molecule has 2 aromatic carbocycles. The Morgan fingerprint density at radius 1 is 1.07 bits per heavy atom. The number of hydrogen-bond acceptors (Lipinski definition) is 3. The van der Waals surface area contributed by atoms with E-state index in [1.165, 1.54) is 6.07 Å². The quantitative estimate of drug-likeness (QED) is 0.608. The largest absolute Gasteiger partial charge is 0.378 e. The summed E-state index contributed by atoms with van der Waals surface area (Å²) in [6.45, 7) is 0.761. The highest BCUT2D eigenvalue weighted by Gasteiger charge is 2.65. The fourth-order valence-corrected chi connectivity index (χ4v) is 4.22. The van der Waals surface area contributed by atoms with Crippen molar-refractivity contribution in [2.75, 3.05) is 32.1 Å². The average Bonchev–Trinajstić information content (AvgIpc) is 3.15. The molecule has 0 aliphatic carbocycles. The van der Waals surface area contributed by atoms with Crippen molar-refractivity contribution in [1.82, 2.24) is 10.6 Å². The molecule has 1 aliphatic rings. The second-order valence-electron chi connectivity index (χ2n) is 7.69. The van der Waals surface area contributed by atoms with Gasteiger partial charge in [0.1, 0.15) is 4.90 Å². The number of anilines is 1. The third kappa shape index (κ3) is 5.23. The lowest BCUT2D eigenvalue weighted by Crippen LogP contribution is -2.34. The molecule has 166 valence electrons. The number of carbonyl (C=O) groups excluding carboxylic acids is 1. The summed E-state index contributed by atoms with van der Waals surface area (Å²) in [5, 5.41) is 5.77. The Bertz CT molecular complexity index is 932. The molecule has 0 spiro atoms. The summed E-state index contributed by atoms with van der Waals surface area (Å²) in [5.41, 5.74) is 1.95. The minimum absolute atomic E-state index is 0.0706. The van der Waals surface area contributed by atoms with Crippen molar-refractivity contribution >= 4 is 21.8 Å². The van der Waals surface area contributed by atoms with E-state index in [9.17, 15) is 24.2 Å². The maximum absolute atomic E-state index is 13.2. The fraction of sp³-hybridized carbons (Fsp3) is 0.350. The van der Waals surface area contributed by atoms with Gasteiger partial charge in [0.15, 0.2) is 0 Å². The number of nitrogens with one attached hydrogen (secondary N) is 2. The van der Waals surface area contributed by atoms with Crippen LogP contribution in [-0.2, 0) is 11.3 Å². The Balaban J connectivity index is 1.72. The van der Waals surface area contributed by atoms with E-state index in [4.69, 9.17) is 0 Å². The standard InChI is InChI=1S/C20H24F5N3OS/c1-28(2)16-8-6-14(7-9-16)11-27-20(29)19-13-26-12-18(19)15-4-3-5-17(10-15)30(21,22,23,24)25/h3-10,18-19,26H,11-13H2,1-2H3,(H,27,29)/t18-,19+/m1/s1. The van der Waals surface area contributed by atoms with Crippen LogP contribution in [0.2, 0.25) is 0 Å². The van der Waals surface area contributed by atoms with E-state index >= 15 is 0 Å². The highest BCUT2D eigenvalue weighted by atomic mass is 32.5. The molecule has 1 aliphatic heterocycles. The van der Waals surface area contributed by atoms with Gasteiger partial charge in [0.2, 0.25) is 5.91 Å². The molecule has 4 nitrogen and oxygen atoms in total. The summed E-state index contributed by atoms with van der Waals surface area (Å²) in [6.07, 6.45) is 0. The maximum Gasteiger partial charge on any atom is 0.310 e. The van der Waals surface area contributed by atoms with Crippen molar-refractivity contribution in [3.05, 3.63) is 59.7 Å². The van der Waals surface area contributed by atoms with E-state index in [2.05, 4.69) is 10.6 Å². The second-order valence-corrected chi connectivity index (χ2v) is 10.1. The first-order valence-corrected chi connectivity index (χ1v) is 11.3. The molecule has 0 bridgehead atoms. The molecule has 0 unspecified atom stereocenters. The van der Waals surface area contributed by atoms with Crippen LogP contribution in [0.3, 0.4) is 0 Å². The maximum atomic E-state index is 13.2. The SMILES string of the molecule is CN(C)c1ccc(CNC(=O)[C@H]2CNC[C@@H]2c2cccc(S(F)(F)(F)(F)F)c2)cc1. The van der Waals surface area contributed by atoms with Crippen molar-refractivity contribution in [2.24, 2.45) is 5.92 Å². The first-order chi connectivity index (χ1) is 13.7. The lowest BCUT2D eigenvalue weighted by Gasteiger charge is -2.40. The highest BCUT2D eigenvalue weighted by molar-refractivity contribution is 8.45. The Labute approximate surface area is 172 Å². The van der Waals surface area contributed by atoms with Gasteiger partial charge >= 0.3 is 10.2 Å². The van der Waals surface area contributed by atoms with Crippen LogP contribution >= 0.6 is 10.2 Å². The molecule has 30 heavy (non-hydrogen) atoms. The molecular weight excluding hydrogens is 425 g/mol. The van der Waals surface area contributed by atoms with Gasteiger partial charge < -0.3 is 15.5 Å². The molecule has 3 rings (SSSR count). The fourth-order valence-electron chi connectivity index (χ4n) is 3.52. The Morgan fingerprint density at radius 2 is 1.73 bits per heavy atom. The molecule has 0 radical (unpaired) electrons. The monoisotopic (exact) mass is 449 g/mol. The molecule has 0 aromatic heterocycles. The minimum Gasteiger partial charge on any atom is -0.378 e. The van der Waals surface area contributed by atoms with Crippen molar-refractivity contribution in [3.8, 4) is 0 Å². The Kier molecular flexibility index (Phi) is 5.31. The van der Waals surface area contributed by atoms with Crippen LogP contribution in [0.4, 0.5) is 25.1 Å². The first kappa shape index (κ1) is 22.4. The normalized spacial score (nSPS) is 21.6. The summed E-state index contributed by atoms with van der Waals surface area (Å²) < 4.78 is 65.8. The zero-order valence-electron chi connectivity index (χ0n) is 16.5. The summed E-state index contributed by atoms with van der Waals surface area (Å²) in [4.78, 5) is 12.7. The number of hydrogen-bond donors (Lipinski definition) is 2. The van der Waals surface area contributed by atoms with Gasteiger partial charge in [0.05, 0.1) is 5.92 Å². The Hall–Kier alpha value is -2.33. The third-order valence-electron chi connectivity index (χ3n) is 5.20. The van der Waals surface area contributed by atoms with E-state index in [0.29, 0.717) is 12.1 Å². The van der Waals surface area contributed by atoms with Crippen LogP contribution < -0.4 is 15.5 Å². The van der Waals surface area contributed by atoms with Gasteiger partial charge in [0, 0.05) is 45.3 Å². The predicted molar refractivity (Wildman–Crippen MR) is 110 cm³/mol. The summed E-state index contributed by atoms with van der Waals surface area (Å²) >= 11 is 0. The molecule has 1 saturated heterocycles. The first-order valence-electron chi connectivity index (χ1n) is 9.33. The van der Waals surface area contributed by atoms with E-state index in [1.54, 1.807) is 0 Å². The average molecular weight is 449 g/mol. The van der Waals surface area contributed by atoms with Gasteiger partial charge in [-0.1, -0.05) is 43.7 Å². The molecule has 2 atom stereocenters. The van der Waals surface area contributed by atoms with Crippen LogP contribution in [0.15, 0.2) is 53.4 Å². The van der Waals surface area contributed by atoms with E-state index < -0.39 is 27.0 Å². The molecule has 2 N–H and O–H groups in total. The molecule has 1 fully saturated rings. The van der Waals surface area contributed by atoms with Crippen LogP contribution in [-0.4, -0.2) is 33.1 Å². The molecule has 1 amide bonds. The van der Waals surface area contributed by atoms with Crippen molar-refractivity contribution in [1.29, 1.82) is 0 Å². The van der Waals surface area contributed by atoms with Gasteiger partial charge in [-0.2, -0.15) is 0 Å². The highest BCUT2D eigenvalue weighted by Crippen LogP contribution is 3.02. The summed E-state index contributed by atoms with van der Waals surface area (Å²) in [6, 6.07) is 10.7. The summed E-state index contributed by atoms with van der Waals surface area (Å²) in [5.74, 6) is -1.61. The molecule has 2 aromatic rings. The zero-order chi connectivity index (χ0) is 22.2. The minimum atomic E-state index is -9.78. The molecule has 10 heteroatoms. The molecule has 1 heterocycles. The zero-order valence-corrected chi connectivity index (χ0v) is 17.4. The van der Waals surface area contributed by atoms with Crippen LogP contribution in [0, 0.1) is 5.92 Å². The lowest BCUT2D eigenvalue weighted by atomic mass is 9.88.